The van der Waals surface area contributed by atoms with Crippen LogP contribution in [0.15, 0.2) is 82.5 Å². The summed E-state index contributed by atoms with van der Waals surface area (Å²) >= 11 is 1.13. The molecule has 0 unspecified atom stereocenters. The van der Waals surface area contributed by atoms with E-state index in [4.69, 9.17) is 0 Å². The smallest absolute Gasteiger partial charge is 0.261 e. The SMILES string of the molecule is Cc1ccc(S(=O)(=O)Nc2ccc3c(c2)c(=O)sn3Cc2ccccc2)cc1. The van der Waals surface area contributed by atoms with Crippen LogP contribution < -0.4 is 9.46 Å². The van der Waals surface area contributed by atoms with E-state index in [9.17, 15) is 13.2 Å². The molecule has 4 aromatic rings. The van der Waals surface area contributed by atoms with Crippen LogP contribution in [0, 0.1) is 6.92 Å². The maximum absolute atomic E-state index is 12.6. The average Bonchev–Trinajstić information content (AvgIpc) is 2.98. The van der Waals surface area contributed by atoms with Gasteiger partial charge in [-0.15, -0.1) is 0 Å². The molecule has 3 aromatic carbocycles. The van der Waals surface area contributed by atoms with Gasteiger partial charge in [-0.25, -0.2) is 8.42 Å². The van der Waals surface area contributed by atoms with E-state index in [2.05, 4.69) is 4.72 Å². The van der Waals surface area contributed by atoms with E-state index in [1.165, 1.54) is 0 Å². The molecule has 0 radical (unpaired) electrons. The second-order valence-corrected chi connectivity index (χ2v) is 9.23. The molecule has 28 heavy (non-hydrogen) atoms. The molecule has 0 fully saturated rings. The molecule has 0 aliphatic heterocycles. The first-order valence-corrected chi connectivity index (χ1v) is 11.0. The number of nitrogens with one attached hydrogen (secondary N) is 1. The quantitative estimate of drug-likeness (QED) is 0.536. The minimum absolute atomic E-state index is 0.0951. The minimum Gasteiger partial charge on any atom is -0.290 e. The summed E-state index contributed by atoms with van der Waals surface area (Å²) in [5, 5.41) is 0.505. The van der Waals surface area contributed by atoms with E-state index in [1.807, 2.05) is 41.2 Å². The molecule has 1 N–H and O–H groups in total. The Labute approximate surface area is 167 Å². The van der Waals surface area contributed by atoms with Crippen molar-refractivity contribution in [3.05, 3.63) is 93.5 Å². The fraction of sp³-hybridized carbons (Fsp3) is 0.0952. The number of rotatable bonds is 5. The van der Waals surface area contributed by atoms with Crippen LogP contribution in [0.25, 0.3) is 10.9 Å². The van der Waals surface area contributed by atoms with Crippen molar-refractivity contribution in [3.8, 4) is 0 Å². The van der Waals surface area contributed by atoms with Gasteiger partial charge in [0.25, 0.3) is 14.8 Å². The molecular formula is C21H18N2O3S2. The molecule has 1 heterocycles. The second kappa shape index (κ2) is 7.26. The molecule has 0 amide bonds. The molecule has 7 heteroatoms. The van der Waals surface area contributed by atoms with Gasteiger partial charge in [0.05, 0.1) is 22.3 Å². The standard InChI is InChI=1S/C21H18N2O3S2/c1-15-7-10-18(11-8-15)28(25,26)22-17-9-12-20-19(13-17)21(24)27-23(20)14-16-5-3-2-4-6-16/h2-13,22H,14H2,1H3. The Morgan fingerprint density at radius 3 is 2.39 bits per heavy atom. The maximum atomic E-state index is 12.6. The molecule has 0 aliphatic rings. The third-order valence-corrected chi connectivity index (χ3v) is 6.76. The topological polar surface area (TPSA) is 68.2 Å². The highest BCUT2D eigenvalue weighted by atomic mass is 32.2. The zero-order valence-electron chi connectivity index (χ0n) is 15.1. The molecule has 0 aliphatic carbocycles. The summed E-state index contributed by atoms with van der Waals surface area (Å²) in [4.78, 5) is 12.6. The Kier molecular flexibility index (Phi) is 4.78. The van der Waals surface area contributed by atoms with E-state index in [0.29, 0.717) is 17.6 Å². The summed E-state index contributed by atoms with van der Waals surface area (Å²) in [5.41, 5.74) is 3.24. The van der Waals surface area contributed by atoms with Crippen LogP contribution in [0.1, 0.15) is 11.1 Å². The number of aromatic nitrogens is 1. The molecule has 5 nitrogen and oxygen atoms in total. The number of benzene rings is 3. The number of hydrogen-bond donors (Lipinski definition) is 1. The molecule has 0 saturated heterocycles. The highest BCUT2D eigenvalue weighted by Crippen LogP contribution is 2.23. The fourth-order valence-corrected chi connectivity index (χ4v) is 4.96. The van der Waals surface area contributed by atoms with Crippen LogP contribution in [-0.2, 0) is 16.6 Å². The highest BCUT2D eigenvalue weighted by Gasteiger charge is 2.15. The number of nitrogens with zero attached hydrogens (tertiary/aromatic N) is 1. The van der Waals surface area contributed by atoms with E-state index < -0.39 is 10.0 Å². The summed E-state index contributed by atoms with van der Waals surface area (Å²) < 4.78 is 29.6. The monoisotopic (exact) mass is 410 g/mol. The summed E-state index contributed by atoms with van der Waals surface area (Å²) in [5.74, 6) is 0. The lowest BCUT2D eigenvalue weighted by Gasteiger charge is -2.09. The Morgan fingerprint density at radius 2 is 1.68 bits per heavy atom. The van der Waals surface area contributed by atoms with Gasteiger partial charge in [0.2, 0.25) is 0 Å². The Morgan fingerprint density at radius 1 is 0.964 bits per heavy atom. The first kappa shape index (κ1) is 18.5. The maximum Gasteiger partial charge on any atom is 0.261 e. The average molecular weight is 411 g/mol. The number of aryl methyl sites for hydroxylation is 1. The van der Waals surface area contributed by atoms with Crippen LogP contribution in [0.3, 0.4) is 0 Å². The van der Waals surface area contributed by atoms with Crippen LogP contribution in [0.5, 0.6) is 0 Å². The van der Waals surface area contributed by atoms with Crippen LogP contribution in [-0.4, -0.2) is 12.4 Å². The van der Waals surface area contributed by atoms with Gasteiger partial charge in [-0.3, -0.25) is 13.5 Å². The minimum atomic E-state index is -3.71. The van der Waals surface area contributed by atoms with Crippen molar-refractivity contribution in [1.82, 2.24) is 3.96 Å². The molecule has 0 atom stereocenters. The van der Waals surface area contributed by atoms with Crippen molar-refractivity contribution >= 4 is 38.1 Å². The first-order chi connectivity index (χ1) is 13.4. The Hall–Kier alpha value is -2.90. The zero-order chi connectivity index (χ0) is 19.7. The lowest BCUT2D eigenvalue weighted by molar-refractivity contribution is 0.601. The van der Waals surface area contributed by atoms with Crippen LogP contribution in [0.4, 0.5) is 5.69 Å². The third-order valence-electron chi connectivity index (χ3n) is 4.43. The third kappa shape index (κ3) is 3.72. The predicted octanol–water partition coefficient (Wildman–Crippen LogP) is 4.22. The van der Waals surface area contributed by atoms with Gasteiger partial charge in [-0.05, 0) is 54.4 Å². The van der Waals surface area contributed by atoms with Crippen molar-refractivity contribution in [2.24, 2.45) is 0 Å². The number of fused-ring (bicyclic) bond motifs is 1. The van der Waals surface area contributed by atoms with Crippen molar-refractivity contribution < 1.29 is 8.42 Å². The van der Waals surface area contributed by atoms with Crippen molar-refractivity contribution in [2.75, 3.05) is 4.72 Å². The normalized spacial score (nSPS) is 11.6. The predicted molar refractivity (Wildman–Crippen MR) is 114 cm³/mol. The van der Waals surface area contributed by atoms with Gasteiger partial charge in [-0.2, -0.15) is 0 Å². The summed E-state index contributed by atoms with van der Waals surface area (Å²) in [6, 6.07) is 21.6. The molecule has 0 bridgehead atoms. The largest absolute Gasteiger partial charge is 0.290 e. The molecule has 0 spiro atoms. The lowest BCUT2D eigenvalue weighted by Crippen LogP contribution is -2.13. The van der Waals surface area contributed by atoms with Crippen molar-refractivity contribution in [1.29, 1.82) is 0 Å². The summed E-state index contributed by atoms with van der Waals surface area (Å²) in [6.45, 7) is 2.49. The fourth-order valence-electron chi connectivity index (χ4n) is 2.98. The number of sulfonamides is 1. The van der Waals surface area contributed by atoms with Gasteiger partial charge in [-0.1, -0.05) is 48.0 Å². The number of hydrogen-bond acceptors (Lipinski definition) is 4. The van der Waals surface area contributed by atoms with Gasteiger partial charge >= 0.3 is 0 Å². The molecule has 1 aromatic heterocycles. The van der Waals surface area contributed by atoms with Crippen LogP contribution >= 0.6 is 11.5 Å². The van der Waals surface area contributed by atoms with Crippen molar-refractivity contribution in [2.45, 2.75) is 18.4 Å². The summed E-state index contributed by atoms with van der Waals surface area (Å²) in [6.07, 6.45) is 0. The van der Waals surface area contributed by atoms with Crippen LogP contribution in [0.2, 0.25) is 0 Å². The summed E-state index contributed by atoms with van der Waals surface area (Å²) in [7, 11) is -3.71. The van der Waals surface area contributed by atoms with Gasteiger partial charge in [0.1, 0.15) is 0 Å². The van der Waals surface area contributed by atoms with E-state index >= 15 is 0 Å². The Balaban J connectivity index is 1.66. The van der Waals surface area contributed by atoms with Gasteiger partial charge in [0, 0.05) is 5.69 Å². The molecule has 0 saturated carbocycles. The zero-order valence-corrected chi connectivity index (χ0v) is 16.8. The van der Waals surface area contributed by atoms with E-state index in [1.54, 1.807) is 42.5 Å². The lowest BCUT2D eigenvalue weighted by atomic mass is 10.2. The molecule has 142 valence electrons. The van der Waals surface area contributed by atoms with Gasteiger partial charge < -0.3 is 0 Å². The molecular weight excluding hydrogens is 392 g/mol. The highest BCUT2D eigenvalue weighted by molar-refractivity contribution is 7.92. The Bertz CT molecular complexity index is 1290. The first-order valence-electron chi connectivity index (χ1n) is 8.70. The van der Waals surface area contributed by atoms with E-state index in [-0.39, 0.29) is 9.64 Å². The van der Waals surface area contributed by atoms with Crippen molar-refractivity contribution in [3.63, 3.8) is 0 Å². The van der Waals surface area contributed by atoms with Gasteiger partial charge in [0.15, 0.2) is 0 Å². The second-order valence-electron chi connectivity index (χ2n) is 6.55. The molecule has 4 rings (SSSR count). The number of anilines is 1. The van der Waals surface area contributed by atoms with E-state index in [0.717, 1.165) is 28.2 Å².